The highest BCUT2D eigenvalue weighted by molar-refractivity contribution is 6.08. The number of aliphatic carboxylic acids is 4. The summed E-state index contributed by atoms with van der Waals surface area (Å²) in [5.41, 5.74) is 4.52. The molecule has 26 heteroatoms. The zero-order valence-corrected chi connectivity index (χ0v) is 56.7. The van der Waals surface area contributed by atoms with E-state index in [4.69, 9.17) is 0 Å². The van der Waals surface area contributed by atoms with Gasteiger partial charge < -0.3 is 67.4 Å². The first-order valence-corrected chi connectivity index (χ1v) is 33.5. The summed E-state index contributed by atoms with van der Waals surface area (Å²) in [6.07, 6.45) is 11.1. The molecule has 0 radical (unpaired) electrons. The van der Waals surface area contributed by atoms with E-state index in [1.54, 1.807) is 0 Å². The van der Waals surface area contributed by atoms with Crippen LogP contribution in [0.4, 0.5) is 11.4 Å². The maximum absolute atomic E-state index is 14.2. The number of carbonyl (C=O) groups is 12. The molecule has 4 heterocycles. The van der Waals surface area contributed by atoms with Crippen molar-refractivity contribution in [1.29, 1.82) is 0 Å². The van der Waals surface area contributed by atoms with Crippen LogP contribution in [-0.4, -0.2) is 175 Å². The number of allylic oxidation sites excluding steroid dienone is 8. The molecule has 0 spiro atoms. The van der Waals surface area contributed by atoms with Gasteiger partial charge in [0.2, 0.25) is 52.9 Å². The van der Waals surface area contributed by atoms with E-state index in [1.165, 1.54) is 25.7 Å². The Hall–Kier alpha value is -10.5. The molecule has 8 rings (SSSR count). The lowest BCUT2D eigenvalue weighted by atomic mass is 9.79. The summed E-state index contributed by atoms with van der Waals surface area (Å²) in [5, 5.41) is 61.4. The van der Waals surface area contributed by atoms with Crippen LogP contribution in [0.5, 0.6) is 0 Å². The summed E-state index contributed by atoms with van der Waals surface area (Å²) < 4.78 is 2.16. The first-order chi connectivity index (χ1) is 47.0. The SMILES string of the molecule is CC(C)[C@@H]1NC(=O)[C@H](CCC(=O)O)NC(=O)[C@H](CC(=O)O)NC(=O)CCN2/C(=C/C=C/C=C/C=C/C3=[N+](CCC(=O)NCCCC[C@@H](C(=O)O)NC(=O)[C@@H]4CCCN4C(=O)[C@H](C)NC(=O)[C@H](CC(=O)O)NC1=O)c1ccc4ccccc4c1C3(C)C)C(C)(C)c1c2ccc2ccccc12. The minimum Gasteiger partial charge on any atom is -0.481 e. The van der Waals surface area contributed by atoms with Crippen LogP contribution in [0.25, 0.3) is 21.5 Å². The molecule has 0 bridgehead atoms. The Balaban J connectivity index is 1.10. The molecule has 0 saturated carbocycles. The Morgan fingerprint density at radius 3 is 1.85 bits per heavy atom. The van der Waals surface area contributed by atoms with Crippen molar-refractivity contribution in [3.63, 3.8) is 0 Å². The minimum absolute atomic E-state index is 0.0106. The summed E-state index contributed by atoms with van der Waals surface area (Å²) in [5.74, 6) is -13.7. The molecule has 8 amide bonds. The summed E-state index contributed by atoms with van der Waals surface area (Å²) in [6.45, 7) is 13.3. The number of hydrogen-bond acceptors (Lipinski definition) is 13. The van der Waals surface area contributed by atoms with Gasteiger partial charge in [0.05, 0.1) is 24.7 Å². The number of amides is 8. The molecule has 26 nitrogen and oxygen atoms in total. The number of nitrogens with one attached hydrogen (secondary N) is 7. The number of fused-ring (bicyclic) bond motifs is 10. The molecular weight excluding hydrogens is 1270 g/mol. The second-order valence-electron chi connectivity index (χ2n) is 26.7. The van der Waals surface area contributed by atoms with Crippen LogP contribution in [0.15, 0.2) is 121 Å². The van der Waals surface area contributed by atoms with E-state index in [0.717, 1.165) is 55.5 Å². The van der Waals surface area contributed by atoms with Gasteiger partial charge in [0.25, 0.3) is 0 Å². The van der Waals surface area contributed by atoms with Gasteiger partial charge in [-0.15, -0.1) is 0 Å². The Morgan fingerprint density at radius 1 is 0.586 bits per heavy atom. The fraction of sp³-hybridized carbons (Fsp3) is 0.438. The van der Waals surface area contributed by atoms with Crippen molar-refractivity contribution in [2.45, 2.75) is 172 Å². The van der Waals surface area contributed by atoms with Gasteiger partial charge in [-0.2, -0.15) is 4.58 Å². The number of carbonyl (C=O) groups excluding carboxylic acids is 8. The number of nitrogens with zero attached hydrogens (tertiary/aromatic N) is 3. The van der Waals surface area contributed by atoms with E-state index in [-0.39, 0.29) is 51.2 Å². The molecule has 1 saturated heterocycles. The first kappa shape index (κ1) is 74.3. The van der Waals surface area contributed by atoms with Crippen LogP contribution in [-0.2, 0) is 68.4 Å². The molecule has 4 aromatic carbocycles. The van der Waals surface area contributed by atoms with Crippen molar-refractivity contribution in [2.24, 2.45) is 5.92 Å². The molecule has 0 unspecified atom stereocenters. The van der Waals surface area contributed by atoms with Crippen LogP contribution in [0, 0.1) is 5.92 Å². The zero-order chi connectivity index (χ0) is 72.0. The van der Waals surface area contributed by atoms with E-state index in [9.17, 15) is 78.0 Å². The van der Waals surface area contributed by atoms with Gasteiger partial charge in [-0.25, -0.2) is 4.79 Å². The second kappa shape index (κ2) is 32.7. The molecule has 7 atom stereocenters. The highest BCUT2D eigenvalue weighted by Crippen LogP contribution is 2.51. The fourth-order valence-electron chi connectivity index (χ4n) is 13.6. The third-order valence-electron chi connectivity index (χ3n) is 18.6. The monoisotopic (exact) mass is 1360 g/mol. The maximum atomic E-state index is 14.2. The molecule has 526 valence electrons. The lowest BCUT2D eigenvalue weighted by Crippen LogP contribution is -2.60. The summed E-state index contributed by atoms with van der Waals surface area (Å²) >= 11 is 0. The third-order valence-corrected chi connectivity index (χ3v) is 18.6. The van der Waals surface area contributed by atoms with Crippen LogP contribution in [0.3, 0.4) is 0 Å². The number of carboxylic acids is 4. The molecule has 4 aliphatic rings. The fourth-order valence-corrected chi connectivity index (χ4v) is 13.6. The van der Waals surface area contributed by atoms with Gasteiger partial charge in [0.1, 0.15) is 42.3 Å². The lowest BCUT2D eigenvalue weighted by Gasteiger charge is -2.29. The van der Waals surface area contributed by atoms with Gasteiger partial charge in [-0.05, 0) is 111 Å². The van der Waals surface area contributed by atoms with E-state index in [1.807, 2.05) is 96.0 Å². The molecule has 0 aromatic heterocycles. The Labute approximate surface area is 573 Å². The van der Waals surface area contributed by atoms with Gasteiger partial charge in [-0.1, -0.05) is 113 Å². The van der Waals surface area contributed by atoms with Crippen molar-refractivity contribution in [1.82, 2.24) is 42.1 Å². The minimum atomic E-state index is -1.88. The topological polar surface area (TPSA) is 379 Å². The Bertz CT molecular complexity index is 4000. The summed E-state index contributed by atoms with van der Waals surface area (Å²) in [7, 11) is 0. The van der Waals surface area contributed by atoms with Gasteiger partial charge >= 0.3 is 23.9 Å². The molecule has 1 fully saturated rings. The van der Waals surface area contributed by atoms with Crippen molar-refractivity contribution in [3.05, 3.63) is 132 Å². The van der Waals surface area contributed by atoms with Crippen molar-refractivity contribution >= 4 is 110 Å². The molecular formula is C73H89N10O16+. The van der Waals surface area contributed by atoms with Gasteiger partial charge in [0.15, 0.2) is 12.3 Å². The predicted octanol–water partition coefficient (Wildman–Crippen LogP) is 5.27. The van der Waals surface area contributed by atoms with E-state index >= 15 is 0 Å². The quantitative estimate of drug-likeness (QED) is 0.0950. The van der Waals surface area contributed by atoms with Crippen molar-refractivity contribution < 1.29 is 82.5 Å². The Morgan fingerprint density at radius 2 is 1.19 bits per heavy atom. The molecule has 4 aromatic rings. The van der Waals surface area contributed by atoms with E-state index in [2.05, 4.69) is 93.8 Å². The number of hydrogen-bond donors (Lipinski definition) is 11. The van der Waals surface area contributed by atoms with Crippen LogP contribution >= 0.6 is 0 Å². The van der Waals surface area contributed by atoms with Gasteiger partial charge in [-0.3, -0.25) is 52.7 Å². The number of benzene rings is 4. The molecule has 0 aliphatic carbocycles. The third kappa shape index (κ3) is 18.0. The lowest BCUT2D eigenvalue weighted by molar-refractivity contribution is -0.436. The highest BCUT2D eigenvalue weighted by Gasteiger charge is 2.47. The van der Waals surface area contributed by atoms with Crippen LogP contribution in [0.1, 0.15) is 130 Å². The van der Waals surface area contributed by atoms with Crippen molar-refractivity contribution in [2.75, 3.05) is 31.1 Å². The van der Waals surface area contributed by atoms with Crippen LogP contribution < -0.4 is 42.1 Å². The molecule has 11 N–H and O–H groups in total. The predicted molar refractivity (Wildman–Crippen MR) is 369 cm³/mol. The number of rotatable bonds is 9. The zero-order valence-electron chi connectivity index (χ0n) is 56.7. The second-order valence-corrected chi connectivity index (χ2v) is 26.7. The highest BCUT2D eigenvalue weighted by atomic mass is 16.4. The van der Waals surface area contributed by atoms with E-state index in [0.29, 0.717) is 25.8 Å². The standard InChI is InChI=1S/C73H88N10O16/c1-42(2)64-69(96)79-51(41-61(90)91)66(93)75-43(3)70(97)83-37-19-25-54(83)68(95)78-49(71(98)99)24-17-18-36-74-57(84)34-38-81-52-31-28-44-20-13-15-22-46(44)62(52)72(4,5)55(81)26-11-9-8-10-12-27-56-73(6,7)63-47-23-16-14-21-45(47)29-32-53(63)82(56)39-35-58(85)76-50(40-60(88)89)67(94)77-48(65(92)80-64)30-33-59(86)87/h8-16,20-23,26-29,31-32,42-43,48-51,54,64H,17-19,24-25,30,33-41H2,1-7H3,(H10-,74,75,76,77,78,79,80,84,85,86,87,88,89,90,91,92,93,94,95,96,98,99)/p+1/t43-,48-,49-,50-,51-,54-,64-/m0/s1. The molecule has 99 heavy (non-hydrogen) atoms. The average Bonchev–Trinajstić information content (AvgIpc) is 1.58. The normalized spacial score (nSPS) is 25.2. The number of anilines is 1. The van der Waals surface area contributed by atoms with Gasteiger partial charge in [0, 0.05) is 67.0 Å². The molecule has 4 aliphatic heterocycles. The largest absolute Gasteiger partial charge is 0.481 e. The number of carboxylic acid groups (broad SMARTS) is 4. The first-order valence-electron chi connectivity index (χ1n) is 33.5. The van der Waals surface area contributed by atoms with Crippen molar-refractivity contribution in [3.8, 4) is 0 Å². The Kier molecular flexibility index (Phi) is 24.5. The smallest absolute Gasteiger partial charge is 0.326 e. The van der Waals surface area contributed by atoms with Crippen LogP contribution in [0.2, 0.25) is 0 Å². The summed E-state index contributed by atoms with van der Waals surface area (Å²) in [6, 6.07) is 13.1. The summed E-state index contributed by atoms with van der Waals surface area (Å²) in [4.78, 5) is 164. The van der Waals surface area contributed by atoms with E-state index < -0.39 is 150 Å². The maximum Gasteiger partial charge on any atom is 0.326 e. The average molecular weight is 1360 g/mol.